The lowest BCUT2D eigenvalue weighted by Crippen LogP contribution is -2.53. The molecule has 150 valence electrons. The molecule has 1 unspecified atom stereocenters. The van der Waals surface area contributed by atoms with Gasteiger partial charge in [0.05, 0.1) is 0 Å². The minimum absolute atomic E-state index is 0.0933. The van der Waals surface area contributed by atoms with Crippen LogP contribution in [0.1, 0.15) is 6.92 Å². The maximum absolute atomic E-state index is 13.9. The minimum Gasteiger partial charge on any atom is -0.481 e. The van der Waals surface area contributed by atoms with Crippen LogP contribution in [0.25, 0.3) is 0 Å². The summed E-state index contributed by atoms with van der Waals surface area (Å²) in [5, 5.41) is 0.568. The number of sulfonamides is 1. The van der Waals surface area contributed by atoms with Gasteiger partial charge in [0.25, 0.3) is 5.91 Å². The second-order valence-corrected chi connectivity index (χ2v) is 8.72. The van der Waals surface area contributed by atoms with Gasteiger partial charge in [-0.2, -0.15) is 4.31 Å². The fourth-order valence-electron chi connectivity index (χ4n) is 2.97. The predicted molar refractivity (Wildman–Crippen MR) is 103 cm³/mol. The lowest BCUT2D eigenvalue weighted by Gasteiger charge is -2.35. The number of rotatable bonds is 5. The van der Waals surface area contributed by atoms with Crippen molar-refractivity contribution < 1.29 is 22.3 Å². The van der Waals surface area contributed by atoms with Crippen LogP contribution in [0.4, 0.5) is 4.39 Å². The Bertz CT molecular complexity index is 945. The number of amides is 1. The van der Waals surface area contributed by atoms with Crippen LogP contribution >= 0.6 is 11.6 Å². The van der Waals surface area contributed by atoms with Gasteiger partial charge in [0.1, 0.15) is 16.5 Å². The highest BCUT2D eigenvalue weighted by Gasteiger charge is 2.33. The third-order valence-electron chi connectivity index (χ3n) is 4.48. The zero-order chi connectivity index (χ0) is 20.3. The van der Waals surface area contributed by atoms with Gasteiger partial charge in [0.2, 0.25) is 10.0 Å². The summed E-state index contributed by atoms with van der Waals surface area (Å²) in [7, 11) is -3.94. The van der Waals surface area contributed by atoms with Crippen LogP contribution in [0.15, 0.2) is 53.4 Å². The van der Waals surface area contributed by atoms with E-state index in [1.165, 1.54) is 22.5 Å². The van der Waals surface area contributed by atoms with E-state index in [4.69, 9.17) is 16.3 Å². The van der Waals surface area contributed by atoms with Crippen molar-refractivity contribution in [2.45, 2.75) is 17.9 Å². The first-order valence-corrected chi connectivity index (χ1v) is 10.6. The zero-order valence-corrected chi connectivity index (χ0v) is 16.8. The van der Waals surface area contributed by atoms with Gasteiger partial charge in [-0.3, -0.25) is 4.79 Å². The summed E-state index contributed by atoms with van der Waals surface area (Å²) in [5.74, 6) is -0.505. The number of carbonyl (C=O) groups excluding carboxylic acids is 1. The summed E-state index contributed by atoms with van der Waals surface area (Å²) in [6.45, 7) is 2.24. The normalized spacial score (nSPS) is 16.6. The second kappa shape index (κ2) is 8.46. The van der Waals surface area contributed by atoms with Crippen molar-refractivity contribution in [1.29, 1.82) is 0 Å². The van der Waals surface area contributed by atoms with Crippen molar-refractivity contribution >= 4 is 27.5 Å². The monoisotopic (exact) mass is 426 g/mol. The Morgan fingerprint density at radius 2 is 1.68 bits per heavy atom. The smallest absolute Gasteiger partial charge is 0.263 e. The molecule has 0 bridgehead atoms. The van der Waals surface area contributed by atoms with Crippen LogP contribution in [0, 0.1) is 5.82 Å². The van der Waals surface area contributed by atoms with Crippen LogP contribution in [0.3, 0.4) is 0 Å². The van der Waals surface area contributed by atoms with Gasteiger partial charge >= 0.3 is 0 Å². The first kappa shape index (κ1) is 20.6. The van der Waals surface area contributed by atoms with Crippen molar-refractivity contribution in [3.63, 3.8) is 0 Å². The third kappa shape index (κ3) is 4.45. The van der Waals surface area contributed by atoms with Crippen LogP contribution in [0.5, 0.6) is 5.75 Å². The molecular formula is C19H20ClFN2O4S. The molecule has 28 heavy (non-hydrogen) atoms. The van der Waals surface area contributed by atoms with E-state index in [0.717, 1.165) is 6.07 Å². The number of ether oxygens (including phenoxy) is 1. The molecule has 0 N–H and O–H groups in total. The highest BCUT2D eigenvalue weighted by Crippen LogP contribution is 2.21. The molecule has 1 atom stereocenters. The summed E-state index contributed by atoms with van der Waals surface area (Å²) < 4.78 is 46.0. The Balaban J connectivity index is 1.60. The molecule has 0 radical (unpaired) electrons. The average molecular weight is 427 g/mol. The van der Waals surface area contributed by atoms with Crippen LogP contribution in [-0.4, -0.2) is 55.8 Å². The van der Waals surface area contributed by atoms with Gasteiger partial charge in [-0.15, -0.1) is 0 Å². The second-order valence-electron chi connectivity index (χ2n) is 6.37. The SMILES string of the molecule is CC(Oc1ccc(Cl)cc1)C(=O)N1CCN(S(=O)(=O)c2ccccc2F)CC1. The molecular weight excluding hydrogens is 407 g/mol. The number of halogens is 2. The lowest BCUT2D eigenvalue weighted by atomic mass is 10.2. The number of benzene rings is 2. The molecule has 0 saturated carbocycles. The van der Waals surface area contributed by atoms with Gasteiger partial charge in [-0.25, -0.2) is 12.8 Å². The third-order valence-corrected chi connectivity index (χ3v) is 6.66. The molecule has 9 heteroatoms. The van der Waals surface area contributed by atoms with Crippen LogP contribution in [0.2, 0.25) is 5.02 Å². The van der Waals surface area contributed by atoms with Gasteiger partial charge in [0.15, 0.2) is 6.10 Å². The number of nitrogens with zero attached hydrogens (tertiary/aromatic N) is 2. The summed E-state index contributed by atoms with van der Waals surface area (Å²) in [4.78, 5) is 13.8. The standard InChI is InChI=1S/C19H20ClFN2O4S/c1-14(27-16-8-6-15(20)7-9-16)19(24)22-10-12-23(13-11-22)28(25,26)18-5-3-2-4-17(18)21/h2-9,14H,10-13H2,1H3. The van der Waals surface area contributed by atoms with Crippen LogP contribution in [-0.2, 0) is 14.8 Å². The summed E-state index contributed by atoms with van der Waals surface area (Å²) in [5.41, 5.74) is 0. The summed E-state index contributed by atoms with van der Waals surface area (Å²) in [6.07, 6.45) is -0.726. The lowest BCUT2D eigenvalue weighted by molar-refractivity contribution is -0.139. The van der Waals surface area contributed by atoms with E-state index in [9.17, 15) is 17.6 Å². The number of hydrogen-bond acceptors (Lipinski definition) is 4. The van der Waals surface area contributed by atoms with E-state index in [2.05, 4.69) is 0 Å². The molecule has 3 rings (SSSR count). The summed E-state index contributed by atoms with van der Waals surface area (Å²) in [6, 6.07) is 11.9. The van der Waals surface area contributed by atoms with E-state index in [0.29, 0.717) is 10.8 Å². The molecule has 1 heterocycles. The van der Waals surface area contributed by atoms with E-state index < -0.39 is 21.9 Å². The molecule has 6 nitrogen and oxygen atoms in total. The van der Waals surface area contributed by atoms with Crippen molar-refractivity contribution in [2.24, 2.45) is 0 Å². The Hall–Kier alpha value is -2.16. The first-order valence-electron chi connectivity index (χ1n) is 8.75. The highest BCUT2D eigenvalue weighted by molar-refractivity contribution is 7.89. The Labute approximate surface area is 168 Å². The topological polar surface area (TPSA) is 66.9 Å². The number of hydrogen-bond donors (Lipinski definition) is 0. The summed E-state index contributed by atoms with van der Waals surface area (Å²) >= 11 is 5.83. The molecule has 0 aliphatic carbocycles. The minimum atomic E-state index is -3.94. The van der Waals surface area contributed by atoms with Crippen molar-refractivity contribution in [3.05, 3.63) is 59.4 Å². The largest absolute Gasteiger partial charge is 0.481 e. The molecule has 1 aliphatic rings. The van der Waals surface area contributed by atoms with Crippen LogP contribution < -0.4 is 4.74 Å². The molecule has 2 aromatic rings. The van der Waals surface area contributed by atoms with Crippen molar-refractivity contribution in [2.75, 3.05) is 26.2 Å². The van der Waals surface area contributed by atoms with Gasteiger partial charge in [0, 0.05) is 31.2 Å². The fourth-order valence-corrected chi connectivity index (χ4v) is 4.58. The molecule has 1 saturated heterocycles. The molecule has 2 aromatic carbocycles. The Morgan fingerprint density at radius 1 is 1.07 bits per heavy atom. The maximum atomic E-state index is 13.9. The zero-order valence-electron chi connectivity index (χ0n) is 15.2. The number of piperazine rings is 1. The van der Waals surface area contributed by atoms with Gasteiger partial charge in [-0.05, 0) is 43.3 Å². The molecule has 1 amide bonds. The Kier molecular flexibility index (Phi) is 6.22. The van der Waals surface area contributed by atoms with Gasteiger partial charge < -0.3 is 9.64 Å². The van der Waals surface area contributed by atoms with E-state index in [1.54, 1.807) is 36.1 Å². The molecule has 0 spiro atoms. The number of carbonyl (C=O) groups is 1. The average Bonchev–Trinajstić information content (AvgIpc) is 2.69. The predicted octanol–water partition coefficient (Wildman–Crippen LogP) is 2.78. The quantitative estimate of drug-likeness (QED) is 0.737. The van der Waals surface area contributed by atoms with Crippen molar-refractivity contribution in [1.82, 2.24) is 9.21 Å². The Morgan fingerprint density at radius 3 is 2.29 bits per heavy atom. The fraction of sp³-hybridized carbons (Fsp3) is 0.316. The van der Waals surface area contributed by atoms with E-state index >= 15 is 0 Å². The van der Waals surface area contributed by atoms with E-state index in [-0.39, 0.29) is 37.0 Å². The van der Waals surface area contributed by atoms with E-state index in [1.807, 2.05) is 0 Å². The molecule has 1 fully saturated rings. The van der Waals surface area contributed by atoms with Crippen molar-refractivity contribution in [3.8, 4) is 5.75 Å². The molecule has 0 aromatic heterocycles. The maximum Gasteiger partial charge on any atom is 0.263 e. The highest BCUT2D eigenvalue weighted by atomic mass is 35.5. The van der Waals surface area contributed by atoms with Gasteiger partial charge in [-0.1, -0.05) is 23.7 Å². The molecule has 1 aliphatic heterocycles. The first-order chi connectivity index (χ1) is 13.3.